The number of aliphatic hydroxyl groups is 1. The molecule has 1 rings (SSSR count). The summed E-state index contributed by atoms with van der Waals surface area (Å²) in [5, 5.41) is 17.6. The maximum absolute atomic E-state index is 10.8. The van der Waals surface area contributed by atoms with Crippen LogP contribution in [0.5, 0.6) is 0 Å². The third kappa shape index (κ3) is 3.66. The molecule has 0 bridgehead atoms. The van der Waals surface area contributed by atoms with E-state index in [9.17, 15) is 4.79 Å². The van der Waals surface area contributed by atoms with Gasteiger partial charge >= 0.3 is 5.97 Å². The van der Waals surface area contributed by atoms with Crippen molar-refractivity contribution < 1.29 is 15.0 Å². The van der Waals surface area contributed by atoms with Gasteiger partial charge in [0.05, 0.1) is 5.56 Å². The van der Waals surface area contributed by atoms with Gasteiger partial charge in [0.25, 0.3) is 0 Å². The second-order valence-electron chi connectivity index (χ2n) is 4.05. The van der Waals surface area contributed by atoms with Crippen molar-refractivity contribution in [3.8, 4) is 0 Å². The van der Waals surface area contributed by atoms with Crippen molar-refractivity contribution in [3.63, 3.8) is 0 Å². The number of carboxylic acids is 1. The highest BCUT2D eigenvalue weighted by atomic mass is 16.4. The van der Waals surface area contributed by atoms with E-state index in [1.807, 2.05) is 6.07 Å². The third-order valence-electron chi connectivity index (χ3n) is 2.75. The molecule has 3 heteroatoms. The summed E-state index contributed by atoms with van der Waals surface area (Å²) >= 11 is 0. The van der Waals surface area contributed by atoms with Gasteiger partial charge in [0.15, 0.2) is 0 Å². The molecule has 0 radical (unpaired) electrons. The molecule has 1 atom stereocenters. The third-order valence-corrected chi connectivity index (χ3v) is 2.75. The second kappa shape index (κ2) is 6.28. The van der Waals surface area contributed by atoms with Gasteiger partial charge in [-0.2, -0.15) is 0 Å². The average Bonchev–Trinajstić information content (AvgIpc) is 2.29. The fraction of sp³-hybridized carbons (Fsp3) is 0.462. The van der Waals surface area contributed by atoms with E-state index in [1.165, 1.54) is 0 Å². The van der Waals surface area contributed by atoms with Gasteiger partial charge in [-0.25, -0.2) is 4.79 Å². The largest absolute Gasteiger partial charge is 0.478 e. The fourth-order valence-electron chi connectivity index (χ4n) is 1.71. The first-order chi connectivity index (χ1) is 7.65. The number of carboxylic acid groups (broad SMARTS) is 1. The Morgan fingerprint density at radius 1 is 1.38 bits per heavy atom. The molecule has 0 saturated carbocycles. The minimum Gasteiger partial charge on any atom is -0.478 e. The smallest absolute Gasteiger partial charge is 0.335 e. The number of aliphatic hydroxyl groups excluding tert-OH is 1. The van der Waals surface area contributed by atoms with Crippen LogP contribution >= 0.6 is 0 Å². The van der Waals surface area contributed by atoms with Gasteiger partial charge < -0.3 is 10.2 Å². The molecule has 0 fully saturated rings. The Balaban J connectivity index is 2.64. The molecule has 0 aliphatic carbocycles. The second-order valence-corrected chi connectivity index (χ2v) is 4.05. The lowest BCUT2D eigenvalue weighted by Gasteiger charge is -2.11. The van der Waals surface area contributed by atoms with Gasteiger partial charge in [-0.15, -0.1) is 0 Å². The summed E-state index contributed by atoms with van der Waals surface area (Å²) in [6.07, 6.45) is 2.75. The minimum atomic E-state index is -0.885. The Hall–Kier alpha value is -1.35. The molecule has 2 N–H and O–H groups in total. The predicted octanol–water partition coefficient (Wildman–Crippen LogP) is 2.65. The predicted molar refractivity (Wildman–Crippen MR) is 62.8 cm³/mol. The Morgan fingerprint density at radius 2 is 2.12 bits per heavy atom. The quantitative estimate of drug-likeness (QED) is 0.727. The van der Waals surface area contributed by atoms with Crippen LogP contribution in [0, 0.1) is 0 Å². The molecule has 3 nitrogen and oxygen atoms in total. The lowest BCUT2D eigenvalue weighted by atomic mass is 9.94. The maximum Gasteiger partial charge on any atom is 0.335 e. The summed E-state index contributed by atoms with van der Waals surface area (Å²) in [5.41, 5.74) is 1.39. The molecule has 1 aromatic rings. The van der Waals surface area contributed by atoms with Crippen molar-refractivity contribution in [1.82, 2.24) is 0 Å². The topological polar surface area (TPSA) is 57.5 Å². The van der Waals surface area contributed by atoms with Crippen LogP contribution in [0.3, 0.4) is 0 Å². The summed E-state index contributed by atoms with van der Waals surface area (Å²) in [5.74, 6) is -0.546. The van der Waals surface area contributed by atoms with E-state index in [-0.39, 0.29) is 6.61 Å². The standard InChI is InChI=1S/C13H18O3/c1-10(5-2-3-8-14)11-6-4-7-12(9-11)13(15)16/h4,6-7,9-10,14H,2-3,5,8H2,1H3,(H,15,16). The van der Waals surface area contributed by atoms with E-state index < -0.39 is 5.97 Å². The van der Waals surface area contributed by atoms with E-state index in [2.05, 4.69) is 6.92 Å². The average molecular weight is 222 g/mol. The van der Waals surface area contributed by atoms with Crippen LogP contribution in [0.15, 0.2) is 24.3 Å². The van der Waals surface area contributed by atoms with Gasteiger partial charge in [-0.3, -0.25) is 0 Å². The molecule has 1 aromatic carbocycles. The lowest BCUT2D eigenvalue weighted by molar-refractivity contribution is 0.0696. The Kier molecular flexibility index (Phi) is 4.99. The summed E-state index contributed by atoms with van der Waals surface area (Å²) in [7, 11) is 0. The zero-order chi connectivity index (χ0) is 12.0. The van der Waals surface area contributed by atoms with Crippen molar-refractivity contribution in [3.05, 3.63) is 35.4 Å². The molecule has 0 aromatic heterocycles. The Bertz CT molecular complexity index is 347. The molecule has 0 aliphatic rings. The molecule has 0 spiro atoms. The highest BCUT2D eigenvalue weighted by molar-refractivity contribution is 5.87. The van der Waals surface area contributed by atoms with Crippen molar-refractivity contribution in [2.45, 2.75) is 32.1 Å². The Morgan fingerprint density at radius 3 is 2.75 bits per heavy atom. The van der Waals surface area contributed by atoms with Crippen LogP contribution in [0.2, 0.25) is 0 Å². The van der Waals surface area contributed by atoms with Crippen LogP contribution in [0.4, 0.5) is 0 Å². The lowest BCUT2D eigenvalue weighted by Crippen LogP contribution is -2.00. The normalized spacial score (nSPS) is 12.4. The van der Waals surface area contributed by atoms with Crippen molar-refractivity contribution in [2.24, 2.45) is 0 Å². The molecule has 0 amide bonds. The molecule has 0 saturated heterocycles. The monoisotopic (exact) mass is 222 g/mol. The number of aromatic carboxylic acids is 1. The van der Waals surface area contributed by atoms with Gasteiger partial charge in [0, 0.05) is 6.61 Å². The number of hydrogen-bond acceptors (Lipinski definition) is 2. The number of rotatable bonds is 6. The number of benzene rings is 1. The molecular formula is C13H18O3. The molecule has 88 valence electrons. The van der Waals surface area contributed by atoms with Gasteiger partial charge in [-0.05, 0) is 36.5 Å². The van der Waals surface area contributed by atoms with Crippen LogP contribution in [0.25, 0.3) is 0 Å². The summed E-state index contributed by atoms with van der Waals surface area (Å²) in [4.78, 5) is 10.8. The Labute approximate surface area is 95.7 Å². The van der Waals surface area contributed by atoms with Crippen LogP contribution in [0.1, 0.15) is 48.0 Å². The van der Waals surface area contributed by atoms with Gasteiger partial charge in [0.2, 0.25) is 0 Å². The first-order valence-electron chi connectivity index (χ1n) is 5.59. The minimum absolute atomic E-state index is 0.224. The summed E-state index contributed by atoms with van der Waals surface area (Å²) in [6.45, 7) is 2.31. The zero-order valence-electron chi connectivity index (χ0n) is 9.52. The van der Waals surface area contributed by atoms with E-state index in [4.69, 9.17) is 10.2 Å². The van der Waals surface area contributed by atoms with Crippen molar-refractivity contribution >= 4 is 5.97 Å². The molecular weight excluding hydrogens is 204 g/mol. The van der Waals surface area contributed by atoms with E-state index in [0.717, 1.165) is 24.8 Å². The fourth-order valence-corrected chi connectivity index (χ4v) is 1.71. The van der Waals surface area contributed by atoms with Crippen molar-refractivity contribution in [2.75, 3.05) is 6.61 Å². The van der Waals surface area contributed by atoms with Crippen LogP contribution in [-0.2, 0) is 0 Å². The summed E-state index contributed by atoms with van der Waals surface area (Å²) in [6, 6.07) is 7.07. The highest BCUT2D eigenvalue weighted by Crippen LogP contribution is 2.22. The van der Waals surface area contributed by atoms with Gasteiger partial charge in [-0.1, -0.05) is 25.5 Å². The molecule has 0 heterocycles. The van der Waals surface area contributed by atoms with E-state index in [0.29, 0.717) is 11.5 Å². The maximum atomic E-state index is 10.8. The van der Waals surface area contributed by atoms with Crippen molar-refractivity contribution in [1.29, 1.82) is 0 Å². The zero-order valence-corrected chi connectivity index (χ0v) is 9.52. The molecule has 0 aliphatic heterocycles. The number of unbranched alkanes of at least 4 members (excludes halogenated alkanes) is 1. The van der Waals surface area contributed by atoms with Crippen LogP contribution in [-0.4, -0.2) is 22.8 Å². The van der Waals surface area contributed by atoms with E-state index >= 15 is 0 Å². The van der Waals surface area contributed by atoms with Crippen LogP contribution < -0.4 is 0 Å². The van der Waals surface area contributed by atoms with Gasteiger partial charge in [0.1, 0.15) is 0 Å². The number of carbonyl (C=O) groups is 1. The van der Waals surface area contributed by atoms with E-state index in [1.54, 1.807) is 18.2 Å². The summed E-state index contributed by atoms with van der Waals surface area (Å²) < 4.78 is 0. The number of hydrogen-bond donors (Lipinski definition) is 2. The first-order valence-corrected chi connectivity index (χ1v) is 5.59. The molecule has 1 unspecified atom stereocenters. The molecule has 16 heavy (non-hydrogen) atoms. The first kappa shape index (κ1) is 12.7. The highest BCUT2D eigenvalue weighted by Gasteiger charge is 2.08. The SMILES string of the molecule is CC(CCCCO)c1cccc(C(=O)O)c1.